The summed E-state index contributed by atoms with van der Waals surface area (Å²) in [6.07, 6.45) is -1.70. The first-order valence-corrected chi connectivity index (χ1v) is 15.2. The van der Waals surface area contributed by atoms with Gasteiger partial charge in [0, 0.05) is 29.2 Å². The number of carbonyl (C=O) groups excluding carboxylic acids is 3. The average molecular weight is 622 g/mol. The van der Waals surface area contributed by atoms with Crippen LogP contribution in [-0.4, -0.2) is 76.3 Å². The molecule has 2 aromatic rings. The molecule has 0 amide bonds. The van der Waals surface area contributed by atoms with Crippen molar-refractivity contribution in [2.24, 2.45) is 0 Å². The first-order valence-electron chi connectivity index (χ1n) is 15.2. The van der Waals surface area contributed by atoms with E-state index in [1.807, 2.05) is 19.2 Å². The van der Waals surface area contributed by atoms with Crippen LogP contribution in [0.4, 0.5) is 4.79 Å². The normalized spacial score (nSPS) is 27.7. The summed E-state index contributed by atoms with van der Waals surface area (Å²) in [6.45, 7) is 6.75. The van der Waals surface area contributed by atoms with E-state index in [1.165, 1.54) is 6.92 Å². The second kappa shape index (κ2) is 11.1. The number of likely N-dealkylation sites (tertiary alicyclic amines) is 1. The number of ether oxygens (including phenoxy) is 5. The molecule has 2 heterocycles. The Kier molecular flexibility index (Phi) is 7.70. The molecule has 2 bridgehead atoms. The predicted octanol–water partition coefficient (Wildman–Crippen LogP) is 3.62. The number of piperidine rings is 1. The zero-order valence-electron chi connectivity index (χ0n) is 26.1. The van der Waals surface area contributed by atoms with E-state index >= 15 is 0 Å². The molecule has 2 aromatic carbocycles. The van der Waals surface area contributed by atoms with E-state index in [4.69, 9.17) is 23.7 Å². The molecule has 6 atom stereocenters. The predicted molar refractivity (Wildman–Crippen MR) is 159 cm³/mol. The van der Waals surface area contributed by atoms with Gasteiger partial charge in [-0.2, -0.15) is 0 Å². The lowest BCUT2D eigenvalue weighted by Crippen LogP contribution is -2.74. The highest BCUT2D eigenvalue weighted by atomic mass is 16.7. The highest BCUT2D eigenvalue weighted by Crippen LogP contribution is 2.64. The number of esters is 2. The molecule has 2 aliphatic heterocycles. The minimum atomic E-state index is -1.49. The summed E-state index contributed by atoms with van der Waals surface area (Å²) >= 11 is 0. The maximum absolute atomic E-state index is 13.9. The quantitative estimate of drug-likeness (QED) is 0.346. The Balaban J connectivity index is 1.30. The molecule has 0 saturated carbocycles. The summed E-state index contributed by atoms with van der Waals surface area (Å²) in [5.74, 6) is -1.13. The Labute approximate surface area is 261 Å². The van der Waals surface area contributed by atoms with Crippen LogP contribution in [0.5, 0.6) is 5.75 Å². The Bertz CT molecular complexity index is 1550. The van der Waals surface area contributed by atoms with Crippen LogP contribution < -0.4 is 4.74 Å². The lowest BCUT2D eigenvalue weighted by atomic mass is 9.50. The molecule has 1 saturated heterocycles. The van der Waals surface area contributed by atoms with Gasteiger partial charge in [-0.25, -0.2) is 14.4 Å². The third-order valence-electron chi connectivity index (χ3n) is 9.39. The summed E-state index contributed by atoms with van der Waals surface area (Å²) in [7, 11) is 2.00. The van der Waals surface area contributed by atoms with Gasteiger partial charge >= 0.3 is 18.1 Å². The van der Waals surface area contributed by atoms with Crippen LogP contribution in [0.2, 0.25) is 0 Å². The Hall–Kier alpha value is -3.93. The van der Waals surface area contributed by atoms with Crippen molar-refractivity contribution in [3.8, 4) is 5.75 Å². The van der Waals surface area contributed by atoms with E-state index in [-0.39, 0.29) is 24.8 Å². The fourth-order valence-electron chi connectivity index (χ4n) is 7.36. The minimum Gasteiger partial charge on any atom is -0.481 e. The van der Waals surface area contributed by atoms with Gasteiger partial charge in [0.1, 0.15) is 17.1 Å². The van der Waals surface area contributed by atoms with Crippen LogP contribution in [0.1, 0.15) is 68.9 Å². The monoisotopic (exact) mass is 621 g/mol. The molecule has 2 aliphatic carbocycles. The average Bonchev–Trinajstić information content (AvgIpc) is 3.34. The van der Waals surface area contributed by atoms with E-state index in [9.17, 15) is 24.6 Å². The standard InChI is InChI=1S/C34H39NO10/c1-19(41-31(39)45-32(2,3)4)29(37)44-27(20-9-7-6-8-10-20)30(38)42-23-13-14-34(40)24-17-21-11-12-22(18-36)26-25(21)33(34,28(23)43-26)15-16-35(24)5/h6-13,19,24,27-28,36,40H,14-18H2,1-5H3/t19-,24+,27-,28-,33-,34+/m0/s1. The van der Waals surface area contributed by atoms with Gasteiger partial charge in [-0.05, 0) is 65.8 Å². The van der Waals surface area contributed by atoms with Gasteiger partial charge in [-0.15, -0.1) is 0 Å². The molecule has 0 unspecified atom stereocenters. The lowest BCUT2D eigenvalue weighted by Gasteiger charge is -2.61. The summed E-state index contributed by atoms with van der Waals surface area (Å²) in [6, 6.07) is 12.0. The molecular weight excluding hydrogens is 582 g/mol. The second-order valence-corrected chi connectivity index (χ2v) is 13.3. The molecule has 1 fully saturated rings. The van der Waals surface area contributed by atoms with E-state index < -0.39 is 53.0 Å². The molecule has 240 valence electrons. The SMILES string of the molecule is C[C@H](OC(=O)OC(C)(C)C)C(=O)O[C@H](C(=O)OC1=CC[C@@]2(O)[C@H]3Cc4ccc(CO)c5c4[C@@]2(CCN3C)[C@H]1O5)c1ccccc1. The molecule has 45 heavy (non-hydrogen) atoms. The first kappa shape index (κ1) is 31.1. The van der Waals surface area contributed by atoms with Crippen molar-refractivity contribution in [3.63, 3.8) is 0 Å². The molecule has 6 rings (SSSR count). The summed E-state index contributed by atoms with van der Waals surface area (Å²) in [4.78, 5) is 41.3. The number of aliphatic hydroxyl groups excluding tert-OH is 1. The van der Waals surface area contributed by atoms with Crippen molar-refractivity contribution >= 4 is 18.1 Å². The van der Waals surface area contributed by atoms with Crippen molar-refractivity contribution in [2.45, 2.75) is 94.5 Å². The number of hydrogen-bond donors (Lipinski definition) is 2. The van der Waals surface area contributed by atoms with Crippen molar-refractivity contribution in [1.29, 1.82) is 0 Å². The zero-order valence-corrected chi connectivity index (χ0v) is 26.1. The number of rotatable bonds is 7. The summed E-state index contributed by atoms with van der Waals surface area (Å²) in [5.41, 5.74) is -0.0881. The van der Waals surface area contributed by atoms with Gasteiger partial charge in [-0.3, -0.25) is 0 Å². The molecule has 11 heteroatoms. The number of aliphatic hydroxyl groups is 2. The number of carbonyl (C=O) groups is 3. The third kappa shape index (κ3) is 5.07. The van der Waals surface area contributed by atoms with Gasteiger partial charge in [0.15, 0.2) is 12.2 Å². The van der Waals surface area contributed by atoms with Crippen molar-refractivity contribution in [1.82, 2.24) is 4.90 Å². The van der Waals surface area contributed by atoms with Crippen LogP contribution in [-0.2, 0) is 47.0 Å². The van der Waals surface area contributed by atoms with Crippen molar-refractivity contribution in [2.75, 3.05) is 13.6 Å². The molecule has 11 nitrogen and oxygen atoms in total. The van der Waals surface area contributed by atoms with E-state index in [0.29, 0.717) is 36.3 Å². The smallest absolute Gasteiger partial charge is 0.481 e. The summed E-state index contributed by atoms with van der Waals surface area (Å²) in [5, 5.41) is 22.6. The fraction of sp³-hybridized carbons (Fsp3) is 0.500. The van der Waals surface area contributed by atoms with Crippen LogP contribution in [0.15, 0.2) is 54.3 Å². The molecule has 4 aliphatic rings. The largest absolute Gasteiger partial charge is 0.509 e. The highest BCUT2D eigenvalue weighted by Gasteiger charge is 2.72. The summed E-state index contributed by atoms with van der Waals surface area (Å²) < 4.78 is 28.4. The van der Waals surface area contributed by atoms with E-state index in [1.54, 1.807) is 57.2 Å². The Morgan fingerprint density at radius 2 is 1.82 bits per heavy atom. The Morgan fingerprint density at radius 1 is 1.09 bits per heavy atom. The topological polar surface area (TPSA) is 141 Å². The van der Waals surface area contributed by atoms with Crippen LogP contribution >= 0.6 is 0 Å². The van der Waals surface area contributed by atoms with Crippen LogP contribution in [0.3, 0.4) is 0 Å². The van der Waals surface area contributed by atoms with Crippen LogP contribution in [0, 0.1) is 0 Å². The Morgan fingerprint density at radius 3 is 2.51 bits per heavy atom. The molecule has 1 spiro atoms. The van der Waals surface area contributed by atoms with E-state index in [2.05, 4.69) is 4.90 Å². The van der Waals surface area contributed by atoms with Crippen molar-refractivity contribution < 1.29 is 48.3 Å². The number of nitrogens with zero attached hydrogens (tertiary/aromatic N) is 1. The maximum Gasteiger partial charge on any atom is 0.509 e. The van der Waals surface area contributed by atoms with Crippen molar-refractivity contribution in [3.05, 3.63) is 76.6 Å². The maximum atomic E-state index is 13.9. The van der Waals surface area contributed by atoms with Gasteiger partial charge in [0.2, 0.25) is 6.10 Å². The first-order chi connectivity index (χ1) is 21.3. The van der Waals surface area contributed by atoms with E-state index in [0.717, 1.165) is 11.1 Å². The highest BCUT2D eigenvalue weighted by molar-refractivity contribution is 5.84. The lowest BCUT2D eigenvalue weighted by molar-refractivity contribution is -0.179. The van der Waals surface area contributed by atoms with Gasteiger partial charge < -0.3 is 38.8 Å². The molecule has 2 N–H and O–H groups in total. The molecular formula is C34H39NO10. The third-order valence-corrected chi connectivity index (χ3v) is 9.39. The number of hydrogen-bond acceptors (Lipinski definition) is 11. The van der Waals surface area contributed by atoms with Gasteiger partial charge in [0.25, 0.3) is 0 Å². The van der Waals surface area contributed by atoms with Crippen LogP contribution in [0.25, 0.3) is 0 Å². The number of likely N-dealkylation sites (N-methyl/N-ethyl adjacent to an activating group) is 1. The molecule has 0 radical (unpaired) electrons. The van der Waals surface area contributed by atoms with Gasteiger partial charge in [0.05, 0.1) is 17.6 Å². The zero-order chi connectivity index (χ0) is 32.3. The number of benzene rings is 2. The second-order valence-electron chi connectivity index (χ2n) is 13.3. The fourth-order valence-corrected chi connectivity index (χ4v) is 7.36. The minimum absolute atomic E-state index is 0.186. The van der Waals surface area contributed by atoms with Gasteiger partial charge in [-0.1, -0.05) is 42.5 Å². The molecule has 0 aromatic heterocycles.